The second kappa shape index (κ2) is 5.41. The van der Waals surface area contributed by atoms with Crippen LogP contribution in [0.25, 0.3) is 10.4 Å². The summed E-state index contributed by atoms with van der Waals surface area (Å²) in [5, 5.41) is 3.60. The lowest BCUT2D eigenvalue weighted by atomic mass is 9.71. The minimum Gasteiger partial charge on any atom is -0.462 e. The summed E-state index contributed by atoms with van der Waals surface area (Å²) in [7, 11) is 0. The van der Waals surface area contributed by atoms with Gasteiger partial charge in [0.15, 0.2) is 0 Å². The smallest absolute Gasteiger partial charge is 0.306 e. The third-order valence-electron chi connectivity index (χ3n) is 4.11. The van der Waals surface area contributed by atoms with Crippen molar-refractivity contribution in [2.24, 2.45) is 10.5 Å². The molecule has 17 heavy (non-hydrogen) atoms. The molecule has 0 radical (unpaired) electrons. The molecule has 1 aliphatic carbocycles. The molecular weight excluding hydrogens is 218 g/mol. The van der Waals surface area contributed by atoms with Gasteiger partial charge >= 0.3 is 5.97 Å². The van der Waals surface area contributed by atoms with E-state index < -0.39 is 0 Å². The Morgan fingerprint density at radius 1 is 1.29 bits per heavy atom. The molecule has 0 amide bonds. The molecule has 1 atom stereocenters. The van der Waals surface area contributed by atoms with E-state index in [1.165, 1.54) is 19.3 Å². The molecule has 1 saturated carbocycles. The van der Waals surface area contributed by atoms with Crippen LogP contribution < -0.4 is 0 Å². The molecule has 5 heteroatoms. The van der Waals surface area contributed by atoms with Crippen molar-refractivity contribution in [2.45, 2.75) is 57.5 Å². The van der Waals surface area contributed by atoms with E-state index in [1.54, 1.807) is 0 Å². The van der Waals surface area contributed by atoms with Gasteiger partial charge in [0.05, 0.1) is 13.0 Å². The minimum absolute atomic E-state index is 0.0499. The third kappa shape index (κ3) is 2.72. The van der Waals surface area contributed by atoms with Gasteiger partial charge in [-0.3, -0.25) is 4.79 Å². The number of carbonyl (C=O) groups is 1. The molecule has 1 heterocycles. The van der Waals surface area contributed by atoms with Crippen LogP contribution in [0.1, 0.15) is 51.4 Å². The van der Waals surface area contributed by atoms with Gasteiger partial charge in [-0.15, -0.1) is 0 Å². The fourth-order valence-corrected chi connectivity index (χ4v) is 3.18. The summed E-state index contributed by atoms with van der Waals surface area (Å²) in [5.41, 5.74) is 8.35. The highest BCUT2D eigenvalue weighted by Gasteiger charge is 2.47. The van der Waals surface area contributed by atoms with Gasteiger partial charge in [-0.05, 0) is 18.4 Å². The van der Waals surface area contributed by atoms with Crippen molar-refractivity contribution in [1.82, 2.24) is 0 Å². The normalized spacial score (nSPS) is 28.0. The first-order valence-electron chi connectivity index (χ1n) is 6.47. The van der Waals surface area contributed by atoms with Gasteiger partial charge in [0.2, 0.25) is 0 Å². The van der Waals surface area contributed by atoms with Crippen LogP contribution in [0.3, 0.4) is 0 Å². The SMILES string of the molecule is [N-]=[N+]=NCC1OC(=O)CC12CCCCCCC2. The Morgan fingerprint density at radius 2 is 1.94 bits per heavy atom. The van der Waals surface area contributed by atoms with Gasteiger partial charge in [-0.1, -0.05) is 37.2 Å². The maximum Gasteiger partial charge on any atom is 0.306 e. The Bertz CT molecular complexity index is 329. The van der Waals surface area contributed by atoms with Crippen LogP contribution in [0.2, 0.25) is 0 Å². The lowest BCUT2D eigenvalue weighted by Gasteiger charge is -2.33. The van der Waals surface area contributed by atoms with E-state index >= 15 is 0 Å². The molecule has 2 rings (SSSR count). The highest BCUT2D eigenvalue weighted by atomic mass is 16.6. The highest BCUT2D eigenvalue weighted by molar-refractivity contribution is 5.73. The van der Waals surface area contributed by atoms with Crippen molar-refractivity contribution < 1.29 is 9.53 Å². The van der Waals surface area contributed by atoms with Gasteiger partial charge in [-0.25, -0.2) is 0 Å². The summed E-state index contributed by atoms with van der Waals surface area (Å²) < 4.78 is 5.35. The molecule has 1 spiro atoms. The van der Waals surface area contributed by atoms with Crippen LogP contribution in [0.5, 0.6) is 0 Å². The summed E-state index contributed by atoms with van der Waals surface area (Å²) >= 11 is 0. The number of cyclic esters (lactones) is 1. The Morgan fingerprint density at radius 3 is 2.59 bits per heavy atom. The number of hydrogen-bond donors (Lipinski definition) is 0. The summed E-state index contributed by atoms with van der Waals surface area (Å²) in [4.78, 5) is 14.3. The van der Waals surface area contributed by atoms with Gasteiger partial charge in [-0.2, -0.15) is 0 Å². The van der Waals surface area contributed by atoms with Crippen molar-refractivity contribution in [3.63, 3.8) is 0 Å². The minimum atomic E-state index is -0.191. The molecule has 2 aliphatic rings. The lowest BCUT2D eigenvalue weighted by molar-refractivity contribution is -0.141. The quantitative estimate of drug-likeness (QED) is 0.319. The predicted octanol–water partition coefficient (Wildman–Crippen LogP) is 3.34. The van der Waals surface area contributed by atoms with E-state index in [0.29, 0.717) is 13.0 Å². The number of hydrogen-bond acceptors (Lipinski definition) is 3. The molecular formula is C12H19N3O2. The maximum atomic E-state index is 11.5. The van der Waals surface area contributed by atoms with Crippen LogP contribution in [-0.4, -0.2) is 18.6 Å². The van der Waals surface area contributed by atoms with Crippen molar-refractivity contribution in [2.75, 3.05) is 6.54 Å². The lowest BCUT2D eigenvalue weighted by Crippen LogP contribution is -2.33. The average molecular weight is 237 g/mol. The van der Waals surface area contributed by atoms with E-state index in [1.807, 2.05) is 0 Å². The zero-order chi connectivity index (χ0) is 12.1. The largest absolute Gasteiger partial charge is 0.462 e. The van der Waals surface area contributed by atoms with Gasteiger partial charge in [0.1, 0.15) is 6.10 Å². The maximum absolute atomic E-state index is 11.5. The molecule has 0 N–H and O–H groups in total. The average Bonchev–Trinajstić information content (AvgIpc) is 2.59. The molecule has 1 aliphatic heterocycles. The zero-order valence-corrected chi connectivity index (χ0v) is 10.1. The molecule has 0 aromatic rings. The second-order valence-electron chi connectivity index (χ2n) is 5.20. The van der Waals surface area contributed by atoms with E-state index in [0.717, 1.165) is 25.7 Å². The van der Waals surface area contributed by atoms with Crippen LogP contribution in [0.4, 0.5) is 0 Å². The number of rotatable bonds is 2. The number of esters is 1. The molecule has 0 aromatic heterocycles. The van der Waals surface area contributed by atoms with Crippen molar-refractivity contribution in [3.05, 3.63) is 10.4 Å². The Labute approximate surface area is 101 Å². The summed E-state index contributed by atoms with van der Waals surface area (Å²) in [6, 6.07) is 0. The Hall–Kier alpha value is -1.22. The van der Waals surface area contributed by atoms with E-state index in [-0.39, 0.29) is 17.5 Å². The fraction of sp³-hybridized carbons (Fsp3) is 0.917. The van der Waals surface area contributed by atoms with Crippen molar-refractivity contribution in [1.29, 1.82) is 0 Å². The first-order valence-corrected chi connectivity index (χ1v) is 6.47. The molecule has 1 saturated heterocycles. The van der Waals surface area contributed by atoms with Gasteiger partial charge < -0.3 is 4.74 Å². The zero-order valence-electron chi connectivity index (χ0n) is 10.1. The Kier molecular flexibility index (Phi) is 3.89. The van der Waals surface area contributed by atoms with Crippen LogP contribution in [0.15, 0.2) is 5.11 Å². The molecule has 2 fully saturated rings. The Balaban J connectivity index is 2.11. The number of nitrogens with zero attached hydrogens (tertiary/aromatic N) is 3. The first-order chi connectivity index (χ1) is 8.27. The summed E-state index contributed by atoms with van der Waals surface area (Å²) in [5.74, 6) is -0.122. The van der Waals surface area contributed by atoms with Gasteiger partial charge in [0, 0.05) is 10.3 Å². The molecule has 5 nitrogen and oxygen atoms in total. The molecule has 0 aromatic carbocycles. The molecule has 94 valence electrons. The fourth-order valence-electron chi connectivity index (χ4n) is 3.18. The standard InChI is InChI=1S/C12H19N3O2/c13-15-14-9-10-12(8-11(16)17-10)6-4-2-1-3-5-7-12/h10H,1-9H2. The number of ether oxygens (including phenoxy) is 1. The van der Waals surface area contributed by atoms with Crippen molar-refractivity contribution in [3.8, 4) is 0 Å². The van der Waals surface area contributed by atoms with Gasteiger partial charge in [0.25, 0.3) is 0 Å². The van der Waals surface area contributed by atoms with Crippen LogP contribution in [0, 0.1) is 5.41 Å². The number of azide groups is 1. The van der Waals surface area contributed by atoms with Crippen molar-refractivity contribution >= 4 is 5.97 Å². The monoisotopic (exact) mass is 237 g/mol. The van der Waals surface area contributed by atoms with Crippen LogP contribution in [-0.2, 0) is 9.53 Å². The topological polar surface area (TPSA) is 75.1 Å². The van der Waals surface area contributed by atoms with Crippen LogP contribution >= 0.6 is 0 Å². The molecule has 0 bridgehead atoms. The highest BCUT2D eigenvalue weighted by Crippen LogP contribution is 2.46. The van der Waals surface area contributed by atoms with E-state index in [2.05, 4.69) is 10.0 Å². The molecule has 1 unspecified atom stereocenters. The third-order valence-corrected chi connectivity index (χ3v) is 4.11. The summed E-state index contributed by atoms with van der Waals surface area (Å²) in [6.45, 7) is 0.294. The van der Waals surface area contributed by atoms with E-state index in [9.17, 15) is 4.79 Å². The predicted molar refractivity (Wildman–Crippen MR) is 63.3 cm³/mol. The van der Waals surface area contributed by atoms with E-state index in [4.69, 9.17) is 10.3 Å². The first kappa shape index (κ1) is 12.2. The number of carbonyl (C=O) groups excluding carboxylic acids is 1. The second-order valence-corrected chi connectivity index (χ2v) is 5.20. The summed E-state index contributed by atoms with van der Waals surface area (Å²) in [6.07, 6.45) is 8.48.